The molecule has 1 fully saturated rings. The minimum absolute atomic E-state index is 0.106. The zero-order valence-corrected chi connectivity index (χ0v) is 16.4. The normalized spacial score (nSPS) is 14.2. The van der Waals surface area contributed by atoms with E-state index in [4.69, 9.17) is 0 Å². The molecule has 0 saturated heterocycles. The second-order valence-electron chi connectivity index (χ2n) is 7.61. The Labute approximate surface area is 164 Å². The van der Waals surface area contributed by atoms with Crippen LogP contribution in [0.4, 0.5) is 0 Å². The van der Waals surface area contributed by atoms with E-state index in [0.29, 0.717) is 17.8 Å². The fourth-order valence-corrected chi connectivity index (χ4v) is 3.95. The molecule has 1 aromatic carbocycles. The van der Waals surface area contributed by atoms with Crippen molar-refractivity contribution in [1.82, 2.24) is 19.7 Å². The zero-order valence-electron chi connectivity index (χ0n) is 16.4. The Morgan fingerprint density at radius 3 is 2.61 bits per heavy atom. The number of aryl methyl sites for hydroxylation is 2. The van der Waals surface area contributed by atoms with Crippen molar-refractivity contribution < 1.29 is 4.79 Å². The van der Waals surface area contributed by atoms with Gasteiger partial charge < -0.3 is 9.88 Å². The molecule has 1 saturated carbocycles. The van der Waals surface area contributed by atoms with Gasteiger partial charge in [0.15, 0.2) is 0 Å². The highest BCUT2D eigenvalue weighted by Gasteiger charge is 2.20. The van der Waals surface area contributed by atoms with Gasteiger partial charge in [-0.1, -0.05) is 18.2 Å². The first-order valence-electron chi connectivity index (χ1n) is 9.99. The Balaban J connectivity index is 1.56. The van der Waals surface area contributed by atoms with E-state index in [2.05, 4.69) is 15.0 Å². The van der Waals surface area contributed by atoms with Crippen LogP contribution in [0, 0.1) is 13.8 Å². The lowest BCUT2D eigenvalue weighted by Gasteiger charge is -2.26. The summed E-state index contributed by atoms with van der Waals surface area (Å²) < 4.78 is 3.59. The largest absolute Gasteiger partial charge is 0.353 e. The van der Waals surface area contributed by atoms with E-state index in [0.717, 1.165) is 48.3 Å². The number of fused-ring (bicyclic) bond motifs is 1. The second kappa shape index (κ2) is 7.62. The predicted octanol–water partition coefficient (Wildman–Crippen LogP) is 3.25. The maximum absolute atomic E-state index is 13.1. The number of benzene rings is 1. The van der Waals surface area contributed by atoms with Crippen molar-refractivity contribution in [1.29, 1.82) is 0 Å². The summed E-state index contributed by atoms with van der Waals surface area (Å²) in [6.45, 7) is 4.70. The van der Waals surface area contributed by atoms with Gasteiger partial charge in [0.05, 0.1) is 17.3 Å². The number of nitrogens with zero attached hydrogens (tertiary/aromatic N) is 3. The van der Waals surface area contributed by atoms with Crippen molar-refractivity contribution in [3.05, 3.63) is 58.3 Å². The van der Waals surface area contributed by atoms with Crippen LogP contribution < -0.4 is 10.9 Å². The maximum Gasteiger partial charge on any atom is 0.281 e. The number of carbonyl (C=O) groups is 1. The van der Waals surface area contributed by atoms with Crippen molar-refractivity contribution in [3.63, 3.8) is 0 Å². The van der Waals surface area contributed by atoms with Crippen molar-refractivity contribution in [2.45, 2.75) is 58.5 Å². The molecule has 0 radical (unpaired) electrons. The first kappa shape index (κ1) is 18.5. The lowest BCUT2D eigenvalue weighted by molar-refractivity contribution is -0.122. The molecule has 0 aliphatic heterocycles. The van der Waals surface area contributed by atoms with Gasteiger partial charge in [-0.05, 0) is 51.7 Å². The van der Waals surface area contributed by atoms with Crippen LogP contribution in [0.15, 0.2) is 41.3 Å². The minimum Gasteiger partial charge on any atom is -0.353 e. The first-order chi connectivity index (χ1) is 13.6. The molecule has 1 N–H and O–H groups in total. The van der Waals surface area contributed by atoms with Crippen LogP contribution in [0.2, 0.25) is 0 Å². The third-order valence-electron chi connectivity index (χ3n) is 5.80. The molecule has 2 aromatic heterocycles. The Kier molecular flexibility index (Phi) is 5.03. The molecule has 0 unspecified atom stereocenters. The van der Waals surface area contributed by atoms with Crippen molar-refractivity contribution in [2.75, 3.05) is 0 Å². The Hall–Kier alpha value is -2.89. The smallest absolute Gasteiger partial charge is 0.281 e. The number of aromatic nitrogens is 3. The molecule has 0 atom stereocenters. The fraction of sp³-hybridized carbons (Fsp3) is 0.409. The van der Waals surface area contributed by atoms with E-state index >= 15 is 0 Å². The van der Waals surface area contributed by atoms with Crippen molar-refractivity contribution in [3.8, 4) is 5.69 Å². The van der Waals surface area contributed by atoms with Crippen molar-refractivity contribution in [2.24, 2.45) is 0 Å². The summed E-state index contributed by atoms with van der Waals surface area (Å²) in [6, 6.07) is 9.84. The first-order valence-corrected chi connectivity index (χ1v) is 9.99. The average molecular weight is 378 g/mol. The van der Waals surface area contributed by atoms with Gasteiger partial charge >= 0.3 is 0 Å². The highest BCUT2D eigenvalue weighted by molar-refractivity contribution is 5.87. The number of hydrogen-bond acceptors (Lipinski definition) is 3. The third-order valence-corrected chi connectivity index (χ3v) is 5.80. The molecule has 6 nitrogen and oxygen atoms in total. The van der Waals surface area contributed by atoms with Crippen LogP contribution in [-0.4, -0.2) is 26.3 Å². The lowest BCUT2D eigenvalue weighted by atomic mass is 9.93. The van der Waals surface area contributed by atoms with Crippen LogP contribution in [0.25, 0.3) is 16.5 Å². The van der Waals surface area contributed by atoms with Crippen LogP contribution in [0.1, 0.15) is 43.5 Å². The summed E-state index contributed by atoms with van der Waals surface area (Å²) in [7, 11) is 0. The van der Waals surface area contributed by atoms with E-state index in [9.17, 15) is 9.59 Å². The third kappa shape index (κ3) is 3.35. The highest BCUT2D eigenvalue weighted by atomic mass is 16.1. The number of hydrogen-bond donors (Lipinski definition) is 1. The Morgan fingerprint density at radius 2 is 1.93 bits per heavy atom. The van der Waals surface area contributed by atoms with E-state index in [1.54, 1.807) is 6.20 Å². The summed E-state index contributed by atoms with van der Waals surface area (Å²) in [6.07, 6.45) is 6.46. The number of rotatable bonds is 6. The average Bonchev–Trinajstić information content (AvgIpc) is 2.91. The molecule has 0 bridgehead atoms. The standard InChI is InChI=1S/C22H26N4O2/c1-15-19-14-23-26(18-10-4-3-5-11-18)22(28)21(19)16(2)25(15)13-7-12-20(27)24-17-8-6-9-17/h3-5,10-11,14,17H,6-9,12-13H2,1-2H3,(H,24,27). The van der Waals surface area contributed by atoms with Gasteiger partial charge in [0.25, 0.3) is 5.56 Å². The number of carbonyl (C=O) groups excluding carboxylic acids is 1. The quantitative estimate of drug-likeness (QED) is 0.716. The topological polar surface area (TPSA) is 68.9 Å². The number of amides is 1. The Morgan fingerprint density at radius 1 is 1.18 bits per heavy atom. The van der Waals surface area contributed by atoms with E-state index in [-0.39, 0.29) is 11.5 Å². The van der Waals surface area contributed by atoms with Gasteiger partial charge in [0.2, 0.25) is 5.91 Å². The number of nitrogens with one attached hydrogen (secondary N) is 1. The molecule has 6 heteroatoms. The molecule has 146 valence electrons. The SMILES string of the molecule is Cc1c2cnn(-c3ccccc3)c(=O)c2c(C)n1CCCC(=O)NC1CCC1. The maximum atomic E-state index is 13.1. The van der Waals surface area contributed by atoms with Gasteiger partial charge in [-0.15, -0.1) is 0 Å². The van der Waals surface area contributed by atoms with Crippen LogP contribution >= 0.6 is 0 Å². The fourth-order valence-electron chi connectivity index (χ4n) is 3.95. The highest BCUT2D eigenvalue weighted by Crippen LogP contribution is 2.23. The molecular formula is C22H26N4O2. The molecule has 3 aromatic rings. The zero-order chi connectivity index (χ0) is 19.7. The Bertz CT molecular complexity index is 1060. The summed E-state index contributed by atoms with van der Waals surface area (Å²) in [5.74, 6) is 0.129. The molecular weight excluding hydrogens is 352 g/mol. The van der Waals surface area contributed by atoms with Gasteiger partial charge in [0.1, 0.15) is 0 Å². The van der Waals surface area contributed by atoms with Gasteiger partial charge in [-0.3, -0.25) is 9.59 Å². The minimum atomic E-state index is -0.106. The molecule has 28 heavy (non-hydrogen) atoms. The van der Waals surface area contributed by atoms with Crippen LogP contribution in [0.3, 0.4) is 0 Å². The second-order valence-corrected chi connectivity index (χ2v) is 7.61. The van der Waals surface area contributed by atoms with Crippen LogP contribution in [0.5, 0.6) is 0 Å². The number of para-hydroxylation sites is 1. The predicted molar refractivity (Wildman–Crippen MR) is 110 cm³/mol. The molecule has 1 aliphatic carbocycles. The molecule has 0 spiro atoms. The summed E-state index contributed by atoms with van der Waals surface area (Å²) in [5, 5.41) is 9.04. The van der Waals surface area contributed by atoms with Gasteiger partial charge in [0, 0.05) is 35.8 Å². The molecule has 1 aliphatic rings. The molecule has 4 rings (SSSR count). The summed E-state index contributed by atoms with van der Waals surface area (Å²) in [4.78, 5) is 25.1. The van der Waals surface area contributed by atoms with E-state index in [1.165, 1.54) is 11.1 Å². The lowest BCUT2D eigenvalue weighted by Crippen LogP contribution is -2.39. The van der Waals surface area contributed by atoms with Crippen molar-refractivity contribution >= 4 is 16.7 Å². The van der Waals surface area contributed by atoms with E-state index < -0.39 is 0 Å². The molecule has 2 heterocycles. The summed E-state index contributed by atoms with van der Waals surface area (Å²) >= 11 is 0. The van der Waals surface area contributed by atoms with E-state index in [1.807, 2.05) is 44.2 Å². The van der Waals surface area contributed by atoms with Gasteiger partial charge in [-0.25, -0.2) is 0 Å². The monoisotopic (exact) mass is 378 g/mol. The molecule has 1 amide bonds. The summed E-state index contributed by atoms with van der Waals surface area (Å²) in [5.41, 5.74) is 2.61. The van der Waals surface area contributed by atoms with Gasteiger partial charge in [-0.2, -0.15) is 9.78 Å². The van der Waals surface area contributed by atoms with Crippen LogP contribution in [-0.2, 0) is 11.3 Å².